The monoisotopic (exact) mass is 836 g/mol. The van der Waals surface area contributed by atoms with Gasteiger partial charge in [-0.3, -0.25) is 19.7 Å². The number of aromatic nitrogens is 4. The van der Waals surface area contributed by atoms with Gasteiger partial charge < -0.3 is 30.1 Å². The summed E-state index contributed by atoms with van der Waals surface area (Å²) in [6, 6.07) is 23.1. The van der Waals surface area contributed by atoms with E-state index in [1.807, 2.05) is 75.1 Å². The predicted octanol–water partition coefficient (Wildman–Crippen LogP) is 5.98. The largest absolute Gasteiger partial charge is 0.457 e. The zero-order valence-corrected chi connectivity index (χ0v) is 34.8. The molecule has 15 nitrogen and oxygen atoms in total. The van der Waals surface area contributed by atoms with E-state index >= 15 is 0 Å². The van der Waals surface area contributed by atoms with Gasteiger partial charge in [-0.15, -0.1) is 0 Å². The van der Waals surface area contributed by atoms with Crippen LogP contribution in [0.3, 0.4) is 0 Å². The van der Waals surface area contributed by atoms with Crippen LogP contribution < -0.4 is 15.8 Å². The highest BCUT2D eigenvalue weighted by atomic mass is 16.5. The summed E-state index contributed by atoms with van der Waals surface area (Å²) >= 11 is 0. The number of carbonyl (C=O) groups excluding carboxylic acids is 4. The first-order chi connectivity index (χ1) is 30.3. The minimum Gasteiger partial charge on any atom is -0.457 e. The number of rotatable bonds is 8. The molecule has 15 heteroatoms. The Morgan fingerprint density at radius 3 is 2.37 bits per heavy atom. The summed E-state index contributed by atoms with van der Waals surface area (Å²) < 4.78 is 7.97. The highest BCUT2D eigenvalue weighted by Crippen LogP contribution is 2.37. The Kier molecular flexibility index (Phi) is 10.8. The molecule has 4 fully saturated rings. The highest BCUT2D eigenvalue weighted by molar-refractivity contribution is 6.05. The number of anilines is 1. The molecule has 0 saturated carbocycles. The average molecular weight is 837 g/mol. The van der Waals surface area contributed by atoms with E-state index in [-0.39, 0.29) is 36.2 Å². The van der Waals surface area contributed by atoms with Gasteiger partial charge in [0.05, 0.1) is 11.4 Å². The normalized spacial score (nSPS) is 21.7. The first kappa shape index (κ1) is 39.8. The van der Waals surface area contributed by atoms with Crippen molar-refractivity contribution in [3.05, 3.63) is 95.8 Å². The average Bonchev–Trinajstić information content (AvgIpc) is 3.85. The SMILES string of the molecule is Nc1ncnc2c1c(-c1ccc(Oc3ccccc3)cc1)nn2[C@@H]1CCCN(C(=O)N2CCC(CN3CCC(c4ccc5c(c4)CN(C4CCC(=O)NC4=O)C5=O)CC3)CC2)C1. The number of para-hydroxylation sites is 1. The van der Waals surface area contributed by atoms with E-state index in [1.165, 1.54) is 11.9 Å². The van der Waals surface area contributed by atoms with Crippen molar-refractivity contribution in [2.24, 2.45) is 5.92 Å². The molecule has 2 aromatic heterocycles. The van der Waals surface area contributed by atoms with Crippen molar-refractivity contribution < 1.29 is 23.9 Å². The fraction of sp³-hybridized carbons (Fsp3) is 0.426. The van der Waals surface area contributed by atoms with E-state index in [0.29, 0.717) is 59.5 Å². The fourth-order valence-electron chi connectivity index (χ4n) is 10.3. The molecule has 5 amide bonds. The van der Waals surface area contributed by atoms with E-state index in [9.17, 15) is 19.2 Å². The number of amides is 5. The van der Waals surface area contributed by atoms with E-state index in [4.69, 9.17) is 15.6 Å². The molecule has 1 unspecified atom stereocenters. The maximum atomic E-state index is 14.0. The summed E-state index contributed by atoms with van der Waals surface area (Å²) in [5.74, 6) is 2.04. The van der Waals surface area contributed by atoms with Crippen LogP contribution in [-0.2, 0) is 16.1 Å². The van der Waals surface area contributed by atoms with Gasteiger partial charge in [0.15, 0.2) is 5.65 Å². The maximum absolute atomic E-state index is 14.0. The van der Waals surface area contributed by atoms with Gasteiger partial charge in [0.25, 0.3) is 5.91 Å². The second-order valence-corrected chi connectivity index (χ2v) is 17.5. The molecule has 7 heterocycles. The maximum Gasteiger partial charge on any atom is 0.320 e. The van der Waals surface area contributed by atoms with Crippen molar-refractivity contribution in [2.45, 2.75) is 75.9 Å². The lowest BCUT2D eigenvalue weighted by Crippen LogP contribution is -2.52. The molecule has 0 radical (unpaired) electrons. The molecule has 0 spiro atoms. The zero-order valence-electron chi connectivity index (χ0n) is 34.8. The molecule has 3 aromatic carbocycles. The third kappa shape index (κ3) is 7.85. The van der Waals surface area contributed by atoms with Gasteiger partial charge in [0.2, 0.25) is 11.8 Å². The van der Waals surface area contributed by atoms with Crippen molar-refractivity contribution in [3.63, 3.8) is 0 Å². The molecule has 2 atom stereocenters. The number of nitrogens with two attached hydrogens (primary N) is 1. The smallest absolute Gasteiger partial charge is 0.320 e. The van der Waals surface area contributed by atoms with E-state index in [0.717, 1.165) is 100 Å². The predicted molar refractivity (Wildman–Crippen MR) is 232 cm³/mol. The van der Waals surface area contributed by atoms with Crippen molar-refractivity contribution in [1.29, 1.82) is 0 Å². The van der Waals surface area contributed by atoms with E-state index in [1.54, 1.807) is 4.90 Å². The van der Waals surface area contributed by atoms with Gasteiger partial charge in [-0.05, 0) is 123 Å². The number of fused-ring (bicyclic) bond motifs is 2. The number of nitrogen functional groups attached to an aromatic ring is 1. The fourth-order valence-corrected chi connectivity index (χ4v) is 10.3. The molecule has 0 bridgehead atoms. The molecule has 3 N–H and O–H groups in total. The molecule has 10 rings (SSSR count). The minimum absolute atomic E-state index is 0.0498. The quantitative estimate of drug-likeness (QED) is 0.177. The number of hydrogen-bond donors (Lipinski definition) is 2. The summed E-state index contributed by atoms with van der Waals surface area (Å²) in [6.07, 6.45) is 7.94. The number of piperidine rings is 4. The molecule has 5 aromatic rings. The number of hydrogen-bond acceptors (Lipinski definition) is 10. The number of likely N-dealkylation sites (tertiary alicyclic amines) is 3. The molecule has 5 aliphatic rings. The van der Waals surface area contributed by atoms with Crippen LogP contribution in [-0.4, -0.2) is 115 Å². The number of urea groups is 1. The van der Waals surface area contributed by atoms with Gasteiger partial charge in [0, 0.05) is 56.8 Å². The van der Waals surface area contributed by atoms with Crippen molar-refractivity contribution in [2.75, 3.05) is 51.5 Å². The van der Waals surface area contributed by atoms with Gasteiger partial charge in [0.1, 0.15) is 35.4 Å². The highest BCUT2D eigenvalue weighted by Gasteiger charge is 2.40. The number of nitrogens with one attached hydrogen (secondary N) is 1. The van der Waals surface area contributed by atoms with Crippen LogP contribution in [0.1, 0.15) is 84.8 Å². The summed E-state index contributed by atoms with van der Waals surface area (Å²) in [7, 11) is 0. The molecular formula is C47H52N10O5. The van der Waals surface area contributed by atoms with Crippen molar-refractivity contribution in [3.8, 4) is 22.8 Å². The van der Waals surface area contributed by atoms with E-state index < -0.39 is 6.04 Å². The topological polar surface area (TPSA) is 172 Å². The van der Waals surface area contributed by atoms with Crippen LogP contribution >= 0.6 is 0 Å². The second-order valence-electron chi connectivity index (χ2n) is 17.5. The lowest BCUT2D eigenvalue weighted by Gasteiger charge is -2.40. The molecule has 320 valence electrons. The van der Waals surface area contributed by atoms with Gasteiger partial charge in [-0.1, -0.05) is 30.3 Å². The Bertz CT molecular complexity index is 2490. The van der Waals surface area contributed by atoms with Crippen molar-refractivity contribution in [1.82, 2.24) is 44.7 Å². The van der Waals surface area contributed by atoms with Crippen LogP contribution in [0, 0.1) is 5.92 Å². The minimum atomic E-state index is -0.598. The number of imide groups is 1. The van der Waals surface area contributed by atoms with Crippen LogP contribution in [0.15, 0.2) is 79.1 Å². The molecule has 5 aliphatic heterocycles. The third-order valence-corrected chi connectivity index (χ3v) is 13.6. The van der Waals surface area contributed by atoms with Crippen molar-refractivity contribution >= 4 is 40.6 Å². The van der Waals surface area contributed by atoms with Gasteiger partial charge in [-0.25, -0.2) is 19.4 Å². The Morgan fingerprint density at radius 2 is 1.60 bits per heavy atom. The first-order valence-corrected chi connectivity index (χ1v) is 22.1. The summed E-state index contributed by atoms with van der Waals surface area (Å²) in [6.45, 7) is 6.27. The van der Waals surface area contributed by atoms with Crippen LogP contribution in [0.25, 0.3) is 22.3 Å². The van der Waals surface area contributed by atoms with Crippen LogP contribution in [0.4, 0.5) is 10.6 Å². The standard InChI is InChI=1S/C47H52N10O5/c48-43-41-42(32-8-11-37(12-9-32)62-36-6-2-1-3-7-36)52-57(44(41)50-29-49-43)35-5-4-20-55(28-35)47(61)54-23-16-30(17-24-54)26-53-21-18-31(19-22-53)33-10-13-38-34(25-33)27-56(46(38)60)39-14-15-40(58)51-45(39)59/h1-3,6-13,25,29-31,35,39H,4-5,14-24,26-28H2,(H2,48,49,50)(H,51,58,59)/t35-,39?/m1/s1. The number of nitrogens with zero attached hydrogens (tertiary/aromatic N) is 8. The Morgan fingerprint density at radius 1 is 0.823 bits per heavy atom. The lowest BCUT2D eigenvalue weighted by molar-refractivity contribution is -0.136. The lowest BCUT2D eigenvalue weighted by atomic mass is 9.87. The summed E-state index contributed by atoms with van der Waals surface area (Å²) in [5, 5.41) is 8.19. The van der Waals surface area contributed by atoms with E-state index in [2.05, 4.69) is 32.3 Å². The summed E-state index contributed by atoms with van der Waals surface area (Å²) in [5.41, 5.74) is 11.6. The zero-order chi connectivity index (χ0) is 42.3. The number of benzene rings is 3. The number of carbonyl (C=O) groups is 4. The first-order valence-electron chi connectivity index (χ1n) is 22.1. The summed E-state index contributed by atoms with van der Waals surface area (Å²) in [4.78, 5) is 68.6. The Labute approximate surface area is 360 Å². The molecule has 4 saturated heterocycles. The molecule has 0 aliphatic carbocycles. The Balaban J connectivity index is 0.719. The second kappa shape index (κ2) is 16.8. The van der Waals surface area contributed by atoms with Gasteiger partial charge >= 0.3 is 6.03 Å². The Hall–Kier alpha value is -6.35. The molecular weight excluding hydrogens is 785 g/mol. The van der Waals surface area contributed by atoms with Crippen LogP contribution in [0.2, 0.25) is 0 Å². The van der Waals surface area contributed by atoms with Crippen LogP contribution in [0.5, 0.6) is 11.5 Å². The third-order valence-electron chi connectivity index (χ3n) is 13.6. The number of ether oxygens (including phenoxy) is 1. The van der Waals surface area contributed by atoms with Gasteiger partial charge in [-0.2, -0.15) is 5.10 Å². The molecule has 62 heavy (non-hydrogen) atoms.